The van der Waals surface area contributed by atoms with Gasteiger partial charge < -0.3 is 19.6 Å². The number of hydrogen-bond acceptors (Lipinski definition) is 6. The SMILES string of the molecule is Cl.O=C(CCc1nc(-c2ccoc2)no1)Nc1ccc2c(c1F)CCNC2. The van der Waals surface area contributed by atoms with Crippen LogP contribution in [0, 0.1) is 5.82 Å². The van der Waals surface area contributed by atoms with Gasteiger partial charge in [-0.2, -0.15) is 4.98 Å². The Morgan fingerprint density at radius 1 is 1.33 bits per heavy atom. The van der Waals surface area contributed by atoms with E-state index in [-0.39, 0.29) is 42.7 Å². The molecule has 1 amide bonds. The molecule has 0 unspecified atom stereocenters. The van der Waals surface area contributed by atoms with E-state index < -0.39 is 0 Å². The fraction of sp³-hybridized carbons (Fsp3) is 0.278. The molecule has 1 aromatic carbocycles. The van der Waals surface area contributed by atoms with Gasteiger partial charge in [0.15, 0.2) is 0 Å². The smallest absolute Gasteiger partial charge is 0.227 e. The van der Waals surface area contributed by atoms with Crippen LogP contribution in [0.25, 0.3) is 11.4 Å². The highest BCUT2D eigenvalue weighted by molar-refractivity contribution is 5.91. The van der Waals surface area contributed by atoms with Gasteiger partial charge in [0.2, 0.25) is 17.6 Å². The normalized spacial score (nSPS) is 12.9. The fourth-order valence-corrected chi connectivity index (χ4v) is 2.93. The van der Waals surface area contributed by atoms with Crippen LogP contribution in [-0.2, 0) is 24.2 Å². The molecule has 0 saturated carbocycles. The molecule has 0 spiro atoms. The van der Waals surface area contributed by atoms with Gasteiger partial charge in [-0.3, -0.25) is 4.79 Å². The van der Waals surface area contributed by atoms with Gasteiger partial charge in [-0.25, -0.2) is 4.39 Å². The third kappa shape index (κ3) is 4.17. The van der Waals surface area contributed by atoms with Gasteiger partial charge in [0, 0.05) is 19.4 Å². The fourth-order valence-electron chi connectivity index (χ4n) is 2.93. The van der Waals surface area contributed by atoms with Crippen molar-refractivity contribution >= 4 is 24.0 Å². The summed E-state index contributed by atoms with van der Waals surface area (Å²) in [5.74, 6) is 0.0927. The van der Waals surface area contributed by atoms with Crippen molar-refractivity contribution in [2.75, 3.05) is 11.9 Å². The Bertz CT molecular complexity index is 927. The Morgan fingerprint density at radius 2 is 2.22 bits per heavy atom. The van der Waals surface area contributed by atoms with Crippen molar-refractivity contribution in [3.8, 4) is 11.4 Å². The van der Waals surface area contributed by atoms with E-state index >= 15 is 0 Å². The summed E-state index contributed by atoms with van der Waals surface area (Å²) >= 11 is 0. The first-order valence-corrected chi connectivity index (χ1v) is 8.36. The third-order valence-electron chi connectivity index (χ3n) is 4.29. The van der Waals surface area contributed by atoms with Gasteiger partial charge in [-0.05, 0) is 36.2 Å². The number of rotatable bonds is 5. The van der Waals surface area contributed by atoms with E-state index in [9.17, 15) is 9.18 Å². The van der Waals surface area contributed by atoms with Gasteiger partial charge in [-0.1, -0.05) is 11.2 Å². The molecular formula is C18H18ClFN4O3. The summed E-state index contributed by atoms with van der Waals surface area (Å²) in [6.07, 6.45) is 4.03. The molecule has 0 saturated heterocycles. The van der Waals surface area contributed by atoms with Crippen molar-refractivity contribution in [3.05, 3.63) is 53.6 Å². The summed E-state index contributed by atoms with van der Waals surface area (Å²) in [6, 6.07) is 5.16. The zero-order valence-electron chi connectivity index (χ0n) is 14.3. The highest BCUT2D eigenvalue weighted by Gasteiger charge is 2.18. The number of halogens is 2. The van der Waals surface area contributed by atoms with Crippen LogP contribution in [-0.4, -0.2) is 22.6 Å². The van der Waals surface area contributed by atoms with Crippen molar-refractivity contribution in [2.45, 2.75) is 25.8 Å². The molecule has 3 heterocycles. The number of furan rings is 1. The molecule has 0 atom stereocenters. The minimum atomic E-state index is -0.350. The summed E-state index contributed by atoms with van der Waals surface area (Å²) in [4.78, 5) is 16.4. The first-order valence-electron chi connectivity index (χ1n) is 8.36. The van der Waals surface area contributed by atoms with E-state index in [4.69, 9.17) is 8.94 Å². The van der Waals surface area contributed by atoms with Crippen LogP contribution < -0.4 is 10.6 Å². The summed E-state index contributed by atoms with van der Waals surface area (Å²) in [5.41, 5.74) is 2.52. The van der Waals surface area contributed by atoms with Gasteiger partial charge in [-0.15, -0.1) is 12.4 Å². The summed E-state index contributed by atoms with van der Waals surface area (Å²) in [7, 11) is 0. The Labute approximate surface area is 160 Å². The van der Waals surface area contributed by atoms with Crippen molar-refractivity contribution in [3.63, 3.8) is 0 Å². The molecule has 0 fully saturated rings. The molecule has 2 aromatic heterocycles. The number of hydrogen-bond donors (Lipinski definition) is 2. The molecule has 9 heteroatoms. The second kappa shape index (κ2) is 8.32. The number of carbonyl (C=O) groups excluding carboxylic acids is 1. The average Bonchev–Trinajstić information content (AvgIpc) is 3.34. The highest BCUT2D eigenvalue weighted by Crippen LogP contribution is 2.24. The minimum absolute atomic E-state index is 0. The lowest BCUT2D eigenvalue weighted by Crippen LogP contribution is -2.25. The average molecular weight is 393 g/mol. The van der Waals surface area contributed by atoms with Crippen LogP contribution in [0.2, 0.25) is 0 Å². The van der Waals surface area contributed by atoms with Gasteiger partial charge in [0.05, 0.1) is 17.5 Å². The lowest BCUT2D eigenvalue weighted by Gasteiger charge is -2.19. The second-order valence-corrected chi connectivity index (χ2v) is 6.06. The summed E-state index contributed by atoms with van der Waals surface area (Å²) in [5, 5.41) is 9.66. The molecule has 142 valence electrons. The topological polar surface area (TPSA) is 93.2 Å². The predicted octanol–water partition coefficient (Wildman–Crippen LogP) is 3.11. The predicted molar refractivity (Wildman–Crippen MR) is 98.0 cm³/mol. The van der Waals surface area contributed by atoms with E-state index in [0.717, 1.165) is 12.1 Å². The van der Waals surface area contributed by atoms with E-state index in [1.807, 2.05) is 6.07 Å². The quantitative estimate of drug-likeness (QED) is 0.693. The zero-order valence-corrected chi connectivity index (χ0v) is 15.1. The Morgan fingerprint density at radius 3 is 3.04 bits per heavy atom. The molecular weight excluding hydrogens is 375 g/mol. The first-order chi connectivity index (χ1) is 12.7. The second-order valence-electron chi connectivity index (χ2n) is 6.06. The monoisotopic (exact) mass is 392 g/mol. The van der Waals surface area contributed by atoms with Crippen LogP contribution >= 0.6 is 12.4 Å². The third-order valence-corrected chi connectivity index (χ3v) is 4.29. The molecule has 7 nitrogen and oxygen atoms in total. The largest absolute Gasteiger partial charge is 0.472 e. The number of anilines is 1. The number of carbonyl (C=O) groups is 1. The highest BCUT2D eigenvalue weighted by atomic mass is 35.5. The van der Waals surface area contributed by atoms with Crippen LogP contribution in [0.5, 0.6) is 0 Å². The Balaban J connectivity index is 0.00000210. The molecule has 3 aromatic rings. The van der Waals surface area contributed by atoms with Gasteiger partial charge in [0.1, 0.15) is 12.1 Å². The van der Waals surface area contributed by atoms with Crippen molar-refractivity contribution in [1.82, 2.24) is 15.5 Å². The number of nitrogens with zero attached hydrogens (tertiary/aromatic N) is 2. The standard InChI is InChI=1S/C18H17FN4O3.ClH/c19-17-13-5-7-20-9-11(13)1-2-14(17)21-15(24)3-4-16-22-18(23-26-16)12-6-8-25-10-12;/h1-2,6,8,10,20H,3-5,7,9H2,(H,21,24);1H. The maximum absolute atomic E-state index is 14.5. The van der Waals surface area contributed by atoms with E-state index in [1.165, 1.54) is 12.5 Å². The van der Waals surface area contributed by atoms with Crippen LogP contribution in [0.3, 0.4) is 0 Å². The number of benzene rings is 1. The van der Waals surface area contributed by atoms with E-state index in [0.29, 0.717) is 35.8 Å². The molecule has 4 rings (SSSR count). The lowest BCUT2D eigenvalue weighted by molar-refractivity contribution is -0.116. The number of aryl methyl sites for hydroxylation is 1. The summed E-state index contributed by atoms with van der Waals surface area (Å²) in [6.45, 7) is 1.38. The summed E-state index contributed by atoms with van der Waals surface area (Å²) < 4.78 is 24.6. The minimum Gasteiger partial charge on any atom is -0.472 e. The van der Waals surface area contributed by atoms with Crippen molar-refractivity contribution in [2.24, 2.45) is 0 Å². The zero-order chi connectivity index (χ0) is 17.9. The van der Waals surface area contributed by atoms with Crippen LogP contribution in [0.15, 0.2) is 39.7 Å². The molecule has 27 heavy (non-hydrogen) atoms. The van der Waals surface area contributed by atoms with Crippen molar-refractivity contribution < 1.29 is 18.1 Å². The van der Waals surface area contributed by atoms with Crippen molar-refractivity contribution in [1.29, 1.82) is 0 Å². The van der Waals surface area contributed by atoms with Crippen LogP contribution in [0.4, 0.5) is 10.1 Å². The maximum Gasteiger partial charge on any atom is 0.227 e. The molecule has 0 radical (unpaired) electrons. The van der Waals surface area contributed by atoms with E-state index in [1.54, 1.807) is 12.1 Å². The molecule has 1 aliphatic heterocycles. The molecule has 2 N–H and O–H groups in total. The van der Waals surface area contributed by atoms with Crippen LogP contribution in [0.1, 0.15) is 23.4 Å². The number of fused-ring (bicyclic) bond motifs is 1. The maximum atomic E-state index is 14.5. The number of amides is 1. The van der Waals surface area contributed by atoms with Gasteiger partial charge >= 0.3 is 0 Å². The van der Waals surface area contributed by atoms with Gasteiger partial charge in [0.25, 0.3) is 0 Å². The molecule has 0 bridgehead atoms. The molecule has 0 aliphatic carbocycles. The number of nitrogens with one attached hydrogen (secondary N) is 2. The first kappa shape index (κ1) is 19.1. The number of aromatic nitrogens is 2. The molecule has 1 aliphatic rings. The van der Waals surface area contributed by atoms with E-state index in [2.05, 4.69) is 20.8 Å². The lowest BCUT2D eigenvalue weighted by atomic mass is 9.99. The Kier molecular flexibility index (Phi) is 5.88. The Hall–Kier alpha value is -2.71.